The van der Waals surface area contributed by atoms with Gasteiger partial charge in [0.15, 0.2) is 0 Å². The van der Waals surface area contributed by atoms with Crippen LogP contribution in [0.3, 0.4) is 0 Å². The number of anilines is 1. The second kappa shape index (κ2) is 3.80. The lowest BCUT2D eigenvalue weighted by Crippen LogP contribution is -2.19. The zero-order valence-electron chi connectivity index (χ0n) is 7.53. The number of hydrogen-bond donors (Lipinski definition) is 0. The van der Waals surface area contributed by atoms with E-state index in [0.717, 1.165) is 29.9 Å². The third-order valence-electron chi connectivity index (χ3n) is 2.29. The van der Waals surface area contributed by atoms with Gasteiger partial charge >= 0.3 is 0 Å². The maximum atomic E-state index is 5.81. The summed E-state index contributed by atoms with van der Waals surface area (Å²) in [4.78, 5) is 6.63. The lowest BCUT2D eigenvalue weighted by atomic mass is 10.2. The molecule has 1 saturated heterocycles. The van der Waals surface area contributed by atoms with Crippen LogP contribution >= 0.6 is 23.1 Å². The second-order valence-corrected chi connectivity index (χ2v) is 4.42. The SMILES string of the molecule is Cc1nsc(N2CCC(CCl)C2)n1. The van der Waals surface area contributed by atoms with Crippen LogP contribution < -0.4 is 4.90 Å². The molecule has 1 fully saturated rings. The summed E-state index contributed by atoms with van der Waals surface area (Å²) < 4.78 is 4.17. The van der Waals surface area contributed by atoms with Gasteiger partial charge in [-0.05, 0) is 19.3 Å². The Morgan fingerprint density at radius 2 is 2.54 bits per heavy atom. The highest BCUT2D eigenvalue weighted by Crippen LogP contribution is 2.25. The summed E-state index contributed by atoms with van der Waals surface area (Å²) in [6, 6.07) is 0. The summed E-state index contributed by atoms with van der Waals surface area (Å²) >= 11 is 7.29. The molecule has 0 aromatic carbocycles. The second-order valence-electron chi connectivity index (χ2n) is 3.38. The topological polar surface area (TPSA) is 29.0 Å². The van der Waals surface area contributed by atoms with E-state index < -0.39 is 0 Å². The molecule has 1 aliphatic rings. The standard InChI is InChI=1S/C8H12ClN3S/c1-6-10-8(13-11-6)12-3-2-7(4-9)5-12/h7H,2-5H2,1H3. The Balaban J connectivity index is 2.03. The highest BCUT2D eigenvalue weighted by Gasteiger charge is 2.23. The number of aromatic nitrogens is 2. The van der Waals surface area contributed by atoms with Crippen LogP contribution in [0.5, 0.6) is 0 Å². The molecule has 3 nitrogen and oxygen atoms in total. The minimum Gasteiger partial charge on any atom is -0.347 e. The fourth-order valence-corrected chi connectivity index (χ4v) is 2.51. The van der Waals surface area contributed by atoms with Crippen LogP contribution in [0.15, 0.2) is 0 Å². The van der Waals surface area contributed by atoms with Gasteiger partial charge in [0.25, 0.3) is 0 Å². The molecule has 0 aliphatic carbocycles. The average molecular weight is 218 g/mol. The summed E-state index contributed by atoms with van der Waals surface area (Å²) in [5, 5.41) is 1.05. The highest BCUT2D eigenvalue weighted by atomic mass is 35.5. The fraction of sp³-hybridized carbons (Fsp3) is 0.750. The quantitative estimate of drug-likeness (QED) is 0.709. The Kier molecular flexibility index (Phi) is 2.69. The predicted molar refractivity (Wildman–Crippen MR) is 55.7 cm³/mol. The monoisotopic (exact) mass is 217 g/mol. The van der Waals surface area contributed by atoms with E-state index in [2.05, 4.69) is 14.3 Å². The first-order chi connectivity index (χ1) is 6.29. The molecule has 1 aromatic heterocycles. The van der Waals surface area contributed by atoms with Crippen molar-refractivity contribution in [1.29, 1.82) is 0 Å². The van der Waals surface area contributed by atoms with E-state index in [4.69, 9.17) is 11.6 Å². The molecule has 1 unspecified atom stereocenters. The Morgan fingerprint density at radius 1 is 1.69 bits per heavy atom. The van der Waals surface area contributed by atoms with Crippen LogP contribution in [0.2, 0.25) is 0 Å². The average Bonchev–Trinajstić information content (AvgIpc) is 2.71. The summed E-state index contributed by atoms with van der Waals surface area (Å²) in [6.07, 6.45) is 1.18. The number of alkyl halides is 1. The number of halogens is 1. The van der Waals surface area contributed by atoms with Gasteiger partial charge in [0, 0.05) is 30.5 Å². The first-order valence-corrected chi connectivity index (χ1v) is 5.71. The lowest BCUT2D eigenvalue weighted by molar-refractivity contribution is 0.667. The minimum atomic E-state index is 0.630. The number of nitrogens with zero attached hydrogens (tertiary/aromatic N) is 3. The van der Waals surface area contributed by atoms with Crippen LogP contribution in [0.1, 0.15) is 12.2 Å². The van der Waals surface area contributed by atoms with Gasteiger partial charge in [-0.15, -0.1) is 11.6 Å². The minimum absolute atomic E-state index is 0.630. The normalized spacial score (nSPS) is 22.6. The molecule has 1 aromatic rings. The smallest absolute Gasteiger partial charge is 0.205 e. The molecule has 72 valence electrons. The number of hydrogen-bond acceptors (Lipinski definition) is 4. The van der Waals surface area contributed by atoms with Crippen molar-refractivity contribution in [3.8, 4) is 0 Å². The van der Waals surface area contributed by atoms with Crippen molar-refractivity contribution < 1.29 is 0 Å². The summed E-state index contributed by atoms with van der Waals surface area (Å²) in [6.45, 7) is 4.04. The third kappa shape index (κ3) is 1.94. The number of aryl methyl sites for hydroxylation is 1. The Hall–Kier alpha value is -0.350. The molecule has 1 atom stereocenters. The van der Waals surface area contributed by atoms with Crippen LogP contribution in [-0.4, -0.2) is 28.3 Å². The molecule has 1 aliphatic heterocycles. The van der Waals surface area contributed by atoms with Gasteiger partial charge < -0.3 is 4.90 Å². The molecule has 13 heavy (non-hydrogen) atoms. The van der Waals surface area contributed by atoms with Crippen molar-refractivity contribution >= 4 is 28.3 Å². The summed E-state index contributed by atoms with van der Waals surface area (Å²) in [7, 11) is 0. The van der Waals surface area contributed by atoms with Crippen molar-refractivity contribution in [3.63, 3.8) is 0 Å². The zero-order chi connectivity index (χ0) is 9.26. The van der Waals surface area contributed by atoms with E-state index in [0.29, 0.717) is 5.92 Å². The van der Waals surface area contributed by atoms with Crippen molar-refractivity contribution in [2.24, 2.45) is 5.92 Å². The molecular weight excluding hydrogens is 206 g/mol. The lowest BCUT2D eigenvalue weighted by Gasteiger charge is -2.12. The van der Waals surface area contributed by atoms with Crippen molar-refractivity contribution in [2.75, 3.05) is 23.9 Å². The number of rotatable bonds is 2. The van der Waals surface area contributed by atoms with E-state index in [1.807, 2.05) is 6.92 Å². The van der Waals surface area contributed by atoms with E-state index >= 15 is 0 Å². The van der Waals surface area contributed by atoms with Gasteiger partial charge in [0.1, 0.15) is 5.82 Å². The van der Waals surface area contributed by atoms with Gasteiger partial charge in [-0.1, -0.05) is 0 Å². The predicted octanol–water partition coefficient (Wildman–Crippen LogP) is 1.91. The molecule has 2 heterocycles. The van der Waals surface area contributed by atoms with Crippen molar-refractivity contribution in [3.05, 3.63) is 5.82 Å². The van der Waals surface area contributed by atoms with Gasteiger partial charge in [-0.3, -0.25) is 0 Å². The van der Waals surface area contributed by atoms with E-state index in [9.17, 15) is 0 Å². The Bertz CT molecular complexity index is 289. The Labute approximate surface area is 86.9 Å². The van der Waals surface area contributed by atoms with Gasteiger partial charge in [-0.2, -0.15) is 4.37 Å². The largest absolute Gasteiger partial charge is 0.347 e. The van der Waals surface area contributed by atoms with Crippen LogP contribution in [0.4, 0.5) is 5.13 Å². The molecule has 0 radical (unpaired) electrons. The molecule has 5 heteroatoms. The maximum Gasteiger partial charge on any atom is 0.205 e. The van der Waals surface area contributed by atoms with Crippen molar-refractivity contribution in [1.82, 2.24) is 9.36 Å². The molecule has 0 amide bonds. The zero-order valence-corrected chi connectivity index (χ0v) is 9.11. The molecule has 0 bridgehead atoms. The Morgan fingerprint density at radius 3 is 3.08 bits per heavy atom. The third-order valence-corrected chi connectivity index (χ3v) is 3.60. The van der Waals surface area contributed by atoms with Crippen LogP contribution in [0, 0.1) is 12.8 Å². The van der Waals surface area contributed by atoms with Gasteiger partial charge in [-0.25, -0.2) is 4.98 Å². The van der Waals surface area contributed by atoms with Crippen LogP contribution in [0.25, 0.3) is 0 Å². The van der Waals surface area contributed by atoms with E-state index in [-0.39, 0.29) is 0 Å². The summed E-state index contributed by atoms with van der Waals surface area (Å²) in [5.74, 6) is 2.26. The van der Waals surface area contributed by atoms with Gasteiger partial charge in [0.05, 0.1) is 0 Å². The first kappa shape index (κ1) is 9.21. The highest BCUT2D eigenvalue weighted by molar-refractivity contribution is 7.09. The maximum absolute atomic E-state index is 5.81. The molecule has 2 rings (SSSR count). The summed E-state index contributed by atoms with van der Waals surface area (Å²) in [5.41, 5.74) is 0. The van der Waals surface area contributed by atoms with E-state index in [1.54, 1.807) is 0 Å². The molecule has 0 N–H and O–H groups in total. The molecule has 0 spiro atoms. The van der Waals surface area contributed by atoms with Crippen LogP contribution in [-0.2, 0) is 0 Å². The first-order valence-electron chi connectivity index (χ1n) is 4.41. The molecule has 0 saturated carbocycles. The van der Waals surface area contributed by atoms with E-state index in [1.165, 1.54) is 18.0 Å². The fourth-order valence-electron chi connectivity index (χ4n) is 1.55. The van der Waals surface area contributed by atoms with Gasteiger partial charge in [0.2, 0.25) is 5.13 Å². The van der Waals surface area contributed by atoms with Crippen molar-refractivity contribution in [2.45, 2.75) is 13.3 Å². The molecular formula is C8H12ClN3S.